The van der Waals surface area contributed by atoms with E-state index in [4.69, 9.17) is 9.95 Å². The van der Waals surface area contributed by atoms with Crippen LogP contribution in [-0.4, -0.2) is 21.7 Å². The molecular formula is C15H14N4O2S. The Labute approximate surface area is 130 Å². The van der Waals surface area contributed by atoms with Gasteiger partial charge in [-0.2, -0.15) is 0 Å². The number of aromatic nitrogens is 1. The van der Waals surface area contributed by atoms with E-state index in [-0.39, 0.29) is 6.54 Å². The summed E-state index contributed by atoms with van der Waals surface area (Å²) in [6.07, 6.45) is -0.748. The zero-order valence-electron chi connectivity index (χ0n) is 11.7. The zero-order valence-corrected chi connectivity index (χ0v) is 12.5. The van der Waals surface area contributed by atoms with Crippen LogP contribution < -0.4 is 0 Å². The molecule has 1 unspecified atom stereocenters. The smallest absolute Gasteiger partial charge is 0.151 e. The fourth-order valence-corrected chi connectivity index (χ4v) is 3.23. The van der Waals surface area contributed by atoms with Crippen molar-refractivity contribution < 1.29 is 9.52 Å². The third kappa shape index (κ3) is 3.07. The second kappa shape index (κ2) is 6.53. The molecule has 0 fully saturated rings. The number of fused-ring (bicyclic) bond motifs is 2. The van der Waals surface area contributed by atoms with Gasteiger partial charge in [0, 0.05) is 4.91 Å². The SMILES string of the molecule is [N-]=[N+]=NCC(O)Cn1sc2ccccc2oc2ccccc21. The third-order valence-electron chi connectivity index (χ3n) is 3.14. The monoisotopic (exact) mass is 314 g/mol. The molecule has 22 heavy (non-hydrogen) atoms. The molecule has 0 saturated heterocycles. The van der Waals surface area contributed by atoms with Crippen molar-refractivity contribution in [3.63, 3.8) is 0 Å². The van der Waals surface area contributed by atoms with Crippen molar-refractivity contribution in [3.05, 3.63) is 59.0 Å². The summed E-state index contributed by atoms with van der Waals surface area (Å²) in [5.41, 5.74) is 10.8. The predicted octanol–water partition coefficient (Wildman–Crippen LogP) is 4.24. The lowest BCUT2D eigenvalue weighted by molar-refractivity contribution is 0.167. The summed E-state index contributed by atoms with van der Waals surface area (Å²) in [5.74, 6) is 0. The molecule has 112 valence electrons. The summed E-state index contributed by atoms with van der Waals surface area (Å²) < 4.78 is 8.89. The number of hydrogen-bond acceptors (Lipinski definition) is 4. The molecule has 0 saturated carbocycles. The maximum absolute atomic E-state index is 10.0. The van der Waals surface area contributed by atoms with Crippen molar-refractivity contribution in [2.75, 3.05) is 6.54 Å². The van der Waals surface area contributed by atoms with Crippen LogP contribution in [0.2, 0.25) is 0 Å². The van der Waals surface area contributed by atoms with Crippen LogP contribution in [0.3, 0.4) is 0 Å². The first kappa shape index (κ1) is 14.5. The molecule has 7 heteroatoms. The maximum atomic E-state index is 10.0. The minimum Gasteiger partial charge on any atom is -0.454 e. The van der Waals surface area contributed by atoms with Gasteiger partial charge >= 0.3 is 0 Å². The van der Waals surface area contributed by atoms with Crippen molar-refractivity contribution in [1.29, 1.82) is 0 Å². The number of para-hydroxylation sites is 3. The van der Waals surface area contributed by atoms with Crippen molar-refractivity contribution >= 4 is 32.9 Å². The number of aliphatic hydroxyl groups excluding tert-OH is 1. The lowest BCUT2D eigenvalue weighted by Crippen LogP contribution is -2.17. The molecule has 3 aromatic rings. The standard InChI is InChI=1S/C15H14N4O2S/c16-18-17-9-11(20)10-19-12-5-1-2-6-13(12)21-14-7-3-4-8-15(14)22-19/h1-8,11,20H,9-10H2. The van der Waals surface area contributed by atoms with Crippen LogP contribution in [-0.2, 0) is 6.54 Å². The van der Waals surface area contributed by atoms with E-state index in [1.165, 1.54) is 11.5 Å². The molecule has 1 N–H and O–H groups in total. The fourth-order valence-electron chi connectivity index (χ4n) is 2.16. The summed E-state index contributed by atoms with van der Waals surface area (Å²) >= 11 is 1.50. The molecule has 0 bridgehead atoms. The first-order chi connectivity index (χ1) is 10.8. The number of benzene rings is 2. The Bertz CT molecular complexity index is 887. The van der Waals surface area contributed by atoms with E-state index in [1.807, 2.05) is 52.5 Å². The number of aliphatic hydroxyl groups is 1. The van der Waals surface area contributed by atoms with Gasteiger partial charge in [0.2, 0.25) is 0 Å². The topological polar surface area (TPSA) is 87.1 Å². The van der Waals surface area contributed by atoms with Crippen LogP contribution in [0.1, 0.15) is 0 Å². The van der Waals surface area contributed by atoms with Crippen LogP contribution >= 0.6 is 11.5 Å². The van der Waals surface area contributed by atoms with Gasteiger partial charge in [0.15, 0.2) is 5.58 Å². The molecule has 0 radical (unpaired) electrons. The first-order valence-electron chi connectivity index (χ1n) is 6.78. The lowest BCUT2D eigenvalue weighted by Gasteiger charge is -2.10. The summed E-state index contributed by atoms with van der Waals surface area (Å²) in [4.78, 5) is 2.68. The second-order valence-electron chi connectivity index (χ2n) is 4.74. The van der Waals surface area contributed by atoms with E-state index in [2.05, 4.69) is 10.0 Å². The van der Waals surface area contributed by atoms with E-state index >= 15 is 0 Å². The Balaban J connectivity index is 2.19. The van der Waals surface area contributed by atoms with Gasteiger partial charge in [0.25, 0.3) is 0 Å². The molecule has 1 heterocycles. The molecule has 2 aromatic carbocycles. The molecule has 0 aliphatic rings. The highest BCUT2D eigenvalue weighted by Gasteiger charge is 2.08. The molecule has 1 atom stereocenters. The van der Waals surface area contributed by atoms with Gasteiger partial charge in [-0.1, -0.05) is 40.9 Å². The Kier molecular flexibility index (Phi) is 4.29. The van der Waals surface area contributed by atoms with E-state index in [0.29, 0.717) is 6.54 Å². The maximum Gasteiger partial charge on any atom is 0.151 e. The summed E-state index contributed by atoms with van der Waals surface area (Å²) in [6, 6.07) is 15.4. The molecule has 0 aliphatic heterocycles. The lowest BCUT2D eigenvalue weighted by atomic mass is 10.3. The van der Waals surface area contributed by atoms with E-state index < -0.39 is 6.10 Å². The molecular weight excluding hydrogens is 300 g/mol. The van der Waals surface area contributed by atoms with Crippen molar-refractivity contribution in [3.8, 4) is 0 Å². The Morgan fingerprint density at radius 2 is 1.91 bits per heavy atom. The normalized spacial score (nSPS) is 12.0. The predicted molar refractivity (Wildman–Crippen MR) is 87.2 cm³/mol. The van der Waals surface area contributed by atoms with Crippen LogP contribution in [0.25, 0.3) is 31.8 Å². The molecule has 0 aliphatic carbocycles. The second-order valence-corrected chi connectivity index (χ2v) is 5.80. The van der Waals surface area contributed by atoms with Gasteiger partial charge in [0.05, 0.1) is 29.4 Å². The van der Waals surface area contributed by atoms with Crippen LogP contribution in [0, 0.1) is 0 Å². The third-order valence-corrected chi connectivity index (χ3v) is 4.24. The highest BCUT2D eigenvalue weighted by atomic mass is 32.1. The minimum absolute atomic E-state index is 0.0399. The van der Waals surface area contributed by atoms with Gasteiger partial charge < -0.3 is 9.52 Å². The highest BCUT2D eigenvalue weighted by Crippen LogP contribution is 2.24. The van der Waals surface area contributed by atoms with Gasteiger partial charge in [-0.15, -0.1) is 0 Å². The van der Waals surface area contributed by atoms with Crippen LogP contribution in [0.5, 0.6) is 0 Å². The van der Waals surface area contributed by atoms with Crippen molar-refractivity contribution in [1.82, 2.24) is 3.96 Å². The number of hydrogen-bond donors (Lipinski definition) is 1. The van der Waals surface area contributed by atoms with E-state index in [1.54, 1.807) is 0 Å². The van der Waals surface area contributed by atoms with Gasteiger partial charge in [-0.05, 0) is 29.8 Å². The van der Waals surface area contributed by atoms with Crippen LogP contribution in [0.15, 0.2) is 58.1 Å². The van der Waals surface area contributed by atoms with Gasteiger partial charge in [-0.3, -0.25) is 3.96 Å². The molecule has 1 aromatic heterocycles. The zero-order chi connectivity index (χ0) is 15.4. The Morgan fingerprint density at radius 3 is 2.73 bits per heavy atom. The first-order valence-corrected chi connectivity index (χ1v) is 7.55. The summed E-state index contributed by atoms with van der Waals surface area (Å²) in [6.45, 7) is 0.372. The quantitative estimate of drug-likeness (QED) is 0.443. The number of azide groups is 1. The molecule has 0 amide bonds. The Morgan fingerprint density at radius 1 is 1.18 bits per heavy atom. The van der Waals surface area contributed by atoms with E-state index in [0.717, 1.165) is 21.4 Å². The molecule has 6 nitrogen and oxygen atoms in total. The van der Waals surface area contributed by atoms with Gasteiger partial charge in [0.1, 0.15) is 5.58 Å². The van der Waals surface area contributed by atoms with Crippen LogP contribution in [0.4, 0.5) is 0 Å². The average Bonchev–Trinajstić information content (AvgIpc) is 2.69. The molecule has 3 rings (SSSR count). The van der Waals surface area contributed by atoms with E-state index in [9.17, 15) is 5.11 Å². The minimum atomic E-state index is -0.748. The summed E-state index contributed by atoms with van der Waals surface area (Å²) in [5, 5.41) is 13.5. The van der Waals surface area contributed by atoms with Crippen molar-refractivity contribution in [2.24, 2.45) is 5.11 Å². The average molecular weight is 314 g/mol. The largest absolute Gasteiger partial charge is 0.454 e. The van der Waals surface area contributed by atoms with Gasteiger partial charge in [-0.25, -0.2) is 0 Å². The number of nitrogens with zero attached hydrogens (tertiary/aromatic N) is 4. The van der Waals surface area contributed by atoms with Crippen molar-refractivity contribution in [2.45, 2.75) is 12.6 Å². The Hall–Kier alpha value is -2.47. The highest BCUT2D eigenvalue weighted by molar-refractivity contribution is 7.13. The number of rotatable bonds is 4. The molecule has 0 spiro atoms. The summed E-state index contributed by atoms with van der Waals surface area (Å²) in [7, 11) is 0. The fraction of sp³-hybridized carbons (Fsp3) is 0.200.